The summed E-state index contributed by atoms with van der Waals surface area (Å²) in [5, 5.41) is 8.88. The molecule has 1 amide bonds. The second kappa shape index (κ2) is 9.71. The first-order chi connectivity index (χ1) is 11.0. The van der Waals surface area contributed by atoms with Crippen molar-refractivity contribution in [3.63, 3.8) is 0 Å². The standard InChI is InChI=1S/C17H25NO5/c1-4-9-22-14-8-7-13(11-15(14)23-10-5-2)17(21)18(6-3)12-16(19)20/h7-8,11H,4-6,9-10,12H2,1-3H3,(H,19,20). The Morgan fingerprint density at radius 3 is 2.17 bits per heavy atom. The molecule has 1 rings (SSSR count). The molecule has 1 aromatic carbocycles. The predicted molar refractivity (Wildman–Crippen MR) is 87.2 cm³/mol. The highest BCUT2D eigenvalue weighted by atomic mass is 16.5. The van der Waals surface area contributed by atoms with Gasteiger partial charge < -0.3 is 19.5 Å². The van der Waals surface area contributed by atoms with E-state index in [2.05, 4.69) is 0 Å². The Kier molecular flexibility index (Phi) is 7.94. The smallest absolute Gasteiger partial charge is 0.323 e. The molecule has 23 heavy (non-hydrogen) atoms. The van der Waals surface area contributed by atoms with Gasteiger partial charge in [-0.25, -0.2) is 0 Å². The van der Waals surface area contributed by atoms with Gasteiger partial charge in [0.15, 0.2) is 11.5 Å². The number of hydrogen-bond acceptors (Lipinski definition) is 4. The first-order valence-corrected chi connectivity index (χ1v) is 7.94. The van der Waals surface area contributed by atoms with Crippen molar-refractivity contribution in [2.24, 2.45) is 0 Å². The maximum Gasteiger partial charge on any atom is 0.323 e. The van der Waals surface area contributed by atoms with E-state index >= 15 is 0 Å². The zero-order valence-corrected chi connectivity index (χ0v) is 14.0. The zero-order chi connectivity index (χ0) is 17.2. The maximum absolute atomic E-state index is 12.4. The topological polar surface area (TPSA) is 76.1 Å². The molecule has 0 spiro atoms. The van der Waals surface area contributed by atoms with Crippen LogP contribution >= 0.6 is 0 Å². The van der Waals surface area contributed by atoms with Gasteiger partial charge in [-0.05, 0) is 38.0 Å². The lowest BCUT2D eigenvalue weighted by molar-refractivity contribution is -0.137. The predicted octanol–water partition coefficient (Wildman–Crippen LogP) is 2.81. The van der Waals surface area contributed by atoms with Crippen LogP contribution in [0.2, 0.25) is 0 Å². The van der Waals surface area contributed by atoms with Crippen molar-refractivity contribution in [2.45, 2.75) is 33.6 Å². The van der Waals surface area contributed by atoms with E-state index in [0.29, 0.717) is 36.8 Å². The number of nitrogens with zero attached hydrogens (tertiary/aromatic N) is 1. The quantitative estimate of drug-likeness (QED) is 0.716. The molecule has 6 heteroatoms. The molecule has 0 unspecified atom stereocenters. The number of rotatable bonds is 10. The molecule has 1 N–H and O–H groups in total. The molecule has 0 aliphatic heterocycles. The van der Waals surface area contributed by atoms with Gasteiger partial charge in [0.05, 0.1) is 13.2 Å². The molecule has 0 fully saturated rings. The van der Waals surface area contributed by atoms with Crippen LogP contribution in [0.5, 0.6) is 11.5 Å². The molecule has 0 aromatic heterocycles. The van der Waals surface area contributed by atoms with Crippen LogP contribution in [0.25, 0.3) is 0 Å². The second-order valence-electron chi connectivity index (χ2n) is 5.07. The summed E-state index contributed by atoms with van der Waals surface area (Å²) >= 11 is 0. The highest BCUT2D eigenvalue weighted by Gasteiger charge is 2.19. The third kappa shape index (κ3) is 5.81. The summed E-state index contributed by atoms with van der Waals surface area (Å²) < 4.78 is 11.3. The van der Waals surface area contributed by atoms with Gasteiger partial charge in [-0.3, -0.25) is 9.59 Å². The van der Waals surface area contributed by atoms with Crippen LogP contribution in [0.3, 0.4) is 0 Å². The Bertz CT molecular complexity index is 530. The van der Waals surface area contributed by atoms with Crippen LogP contribution < -0.4 is 9.47 Å². The largest absolute Gasteiger partial charge is 0.490 e. The van der Waals surface area contributed by atoms with E-state index in [-0.39, 0.29) is 12.5 Å². The van der Waals surface area contributed by atoms with E-state index in [0.717, 1.165) is 12.8 Å². The van der Waals surface area contributed by atoms with Crippen LogP contribution in [0.15, 0.2) is 18.2 Å². The molecular weight excluding hydrogens is 298 g/mol. The van der Waals surface area contributed by atoms with E-state index in [1.54, 1.807) is 25.1 Å². The fraction of sp³-hybridized carbons (Fsp3) is 0.529. The van der Waals surface area contributed by atoms with Crippen molar-refractivity contribution >= 4 is 11.9 Å². The van der Waals surface area contributed by atoms with Gasteiger partial charge >= 0.3 is 5.97 Å². The zero-order valence-electron chi connectivity index (χ0n) is 14.0. The summed E-state index contributed by atoms with van der Waals surface area (Å²) in [4.78, 5) is 24.5. The van der Waals surface area contributed by atoms with Gasteiger partial charge in [0, 0.05) is 12.1 Å². The summed E-state index contributed by atoms with van der Waals surface area (Å²) in [6, 6.07) is 4.95. The molecule has 6 nitrogen and oxygen atoms in total. The highest BCUT2D eigenvalue weighted by Crippen LogP contribution is 2.29. The molecule has 128 valence electrons. The van der Waals surface area contributed by atoms with Crippen LogP contribution in [-0.4, -0.2) is 48.2 Å². The highest BCUT2D eigenvalue weighted by molar-refractivity contribution is 5.96. The minimum absolute atomic E-state index is 0.324. The van der Waals surface area contributed by atoms with Gasteiger partial charge in [0.25, 0.3) is 5.91 Å². The Morgan fingerprint density at radius 1 is 1.04 bits per heavy atom. The fourth-order valence-corrected chi connectivity index (χ4v) is 1.97. The molecule has 0 radical (unpaired) electrons. The third-order valence-electron chi connectivity index (χ3n) is 3.11. The number of ether oxygens (including phenoxy) is 2. The fourth-order valence-electron chi connectivity index (χ4n) is 1.97. The summed E-state index contributed by atoms with van der Waals surface area (Å²) in [6.07, 6.45) is 1.71. The molecule has 0 bridgehead atoms. The van der Waals surface area contributed by atoms with Gasteiger partial charge in [0.1, 0.15) is 6.54 Å². The van der Waals surface area contributed by atoms with Crippen LogP contribution in [0.4, 0.5) is 0 Å². The lowest BCUT2D eigenvalue weighted by atomic mass is 10.1. The second-order valence-corrected chi connectivity index (χ2v) is 5.07. The number of carbonyl (C=O) groups is 2. The molecule has 0 saturated carbocycles. The maximum atomic E-state index is 12.4. The SMILES string of the molecule is CCCOc1ccc(C(=O)N(CC)CC(=O)O)cc1OCCC. The average Bonchev–Trinajstić information content (AvgIpc) is 2.55. The Morgan fingerprint density at radius 2 is 1.65 bits per heavy atom. The van der Waals surface area contributed by atoms with Gasteiger partial charge in [0.2, 0.25) is 0 Å². The minimum atomic E-state index is -1.04. The van der Waals surface area contributed by atoms with E-state index in [1.807, 2.05) is 13.8 Å². The Hall–Kier alpha value is -2.24. The van der Waals surface area contributed by atoms with Crippen molar-refractivity contribution in [3.8, 4) is 11.5 Å². The third-order valence-corrected chi connectivity index (χ3v) is 3.11. The molecule has 0 saturated heterocycles. The van der Waals surface area contributed by atoms with Crippen LogP contribution in [0, 0.1) is 0 Å². The summed E-state index contributed by atoms with van der Waals surface area (Å²) in [6.45, 7) is 6.83. The first-order valence-electron chi connectivity index (χ1n) is 7.94. The number of benzene rings is 1. The summed E-state index contributed by atoms with van der Waals surface area (Å²) in [5.74, 6) is -0.264. The van der Waals surface area contributed by atoms with Gasteiger partial charge in [-0.1, -0.05) is 13.8 Å². The van der Waals surface area contributed by atoms with Gasteiger partial charge in [-0.15, -0.1) is 0 Å². The molecule has 0 aliphatic rings. The Labute approximate surface area is 137 Å². The van der Waals surface area contributed by atoms with Crippen molar-refractivity contribution in [2.75, 3.05) is 26.3 Å². The molecule has 0 heterocycles. The van der Waals surface area contributed by atoms with Crippen LogP contribution in [0.1, 0.15) is 44.0 Å². The van der Waals surface area contributed by atoms with Gasteiger partial charge in [-0.2, -0.15) is 0 Å². The van der Waals surface area contributed by atoms with Crippen molar-refractivity contribution in [1.82, 2.24) is 4.90 Å². The molecule has 0 atom stereocenters. The summed E-state index contributed by atoms with van der Waals surface area (Å²) in [7, 11) is 0. The number of likely N-dealkylation sites (N-methyl/N-ethyl adjacent to an activating group) is 1. The number of hydrogen-bond donors (Lipinski definition) is 1. The summed E-state index contributed by atoms with van der Waals surface area (Å²) in [5.41, 5.74) is 0.392. The molecule has 0 aliphatic carbocycles. The van der Waals surface area contributed by atoms with E-state index in [4.69, 9.17) is 14.6 Å². The lowest BCUT2D eigenvalue weighted by Gasteiger charge is -2.19. The first kappa shape index (κ1) is 18.8. The number of amides is 1. The normalized spacial score (nSPS) is 10.2. The van der Waals surface area contributed by atoms with Crippen LogP contribution in [-0.2, 0) is 4.79 Å². The molecular formula is C17H25NO5. The number of carbonyl (C=O) groups excluding carboxylic acids is 1. The lowest BCUT2D eigenvalue weighted by Crippen LogP contribution is -2.35. The minimum Gasteiger partial charge on any atom is -0.490 e. The van der Waals surface area contributed by atoms with Crippen molar-refractivity contribution < 1.29 is 24.2 Å². The van der Waals surface area contributed by atoms with Crippen molar-refractivity contribution in [3.05, 3.63) is 23.8 Å². The Balaban J connectivity index is 3.01. The van der Waals surface area contributed by atoms with E-state index in [9.17, 15) is 9.59 Å². The average molecular weight is 323 g/mol. The number of carboxylic acids is 1. The van der Waals surface area contributed by atoms with E-state index in [1.165, 1.54) is 4.90 Å². The van der Waals surface area contributed by atoms with Crippen molar-refractivity contribution in [1.29, 1.82) is 0 Å². The molecule has 1 aromatic rings. The number of aliphatic carboxylic acids is 1. The van der Waals surface area contributed by atoms with E-state index < -0.39 is 5.97 Å². The monoisotopic (exact) mass is 323 g/mol. The number of carboxylic acid groups (broad SMARTS) is 1.